The summed E-state index contributed by atoms with van der Waals surface area (Å²) in [5.74, 6) is 0. The van der Waals surface area contributed by atoms with Crippen molar-refractivity contribution in [1.29, 1.82) is 0 Å². The predicted molar refractivity (Wildman–Crippen MR) is 81.0 cm³/mol. The standard InChI is InChI=1S/C16H25N3/c1-18(2)14-7-6-13-4-3-5-16(15(13)12-14)19-10-8-17-9-11-19/h3-5,14,17H,6-12H2,1-2H3. The van der Waals surface area contributed by atoms with Gasteiger partial charge in [0.15, 0.2) is 0 Å². The number of nitrogens with one attached hydrogen (secondary N) is 1. The molecule has 0 bridgehead atoms. The zero-order valence-electron chi connectivity index (χ0n) is 12.2. The minimum absolute atomic E-state index is 0.705. The number of nitrogens with zero attached hydrogens (tertiary/aromatic N) is 2. The lowest BCUT2D eigenvalue weighted by Crippen LogP contribution is -2.44. The fourth-order valence-electron chi connectivity index (χ4n) is 3.39. The van der Waals surface area contributed by atoms with Gasteiger partial charge in [0, 0.05) is 37.9 Å². The number of fused-ring (bicyclic) bond motifs is 1. The van der Waals surface area contributed by atoms with Gasteiger partial charge in [0.05, 0.1) is 0 Å². The molecular weight excluding hydrogens is 234 g/mol. The van der Waals surface area contributed by atoms with Crippen molar-refractivity contribution in [2.24, 2.45) is 0 Å². The van der Waals surface area contributed by atoms with E-state index in [1.165, 1.54) is 24.9 Å². The van der Waals surface area contributed by atoms with Gasteiger partial charge in [-0.05, 0) is 50.6 Å². The van der Waals surface area contributed by atoms with Crippen molar-refractivity contribution in [2.75, 3.05) is 45.2 Å². The number of anilines is 1. The van der Waals surface area contributed by atoms with E-state index in [1.807, 2.05) is 0 Å². The van der Waals surface area contributed by atoms with Gasteiger partial charge in [-0.25, -0.2) is 0 Å². The largest absolute Gasteiger partial charge is 0.369 e. The molecule has 1 aliphatic carbocycles. The Hall–Kier alpha value is -1.06. The SMILES string of the molecule is CN(C)C1CCc2cccc(N3CCNCC3)c2C1. The molecule has 0 aromatic heterocycles. The molecule has 104 valence electrons. The van der Waals surface area contributed by atoms with Crippen molar-refractivity contribution in [3.8, 4) is 0 Å². The van der Waals surface area contributed by atoms with Crippen LogP contribution >= 0.6 is 0 Å². The molecular formula is C16H25N3. The molecule has 1 heterocycles. The van der Waals surface area contributed by atoms with Crippen molar-refractivity contribution in [3.05, 3.63) is 29.3 Å². The van der Waals surface area contributed by atoms with E-state index in [9.17, 15) is 0 Å². The molecule has 2 aliphatic rings. The van der Waals surface area contributed by atoms with E-state index in [1.54, 1.807) is 11.1 Å². The van der Waals surface area contributed by atoms with Crippen LogP contribution in [-0.4, -0.2) is 51.2 Å². The second-order valence-corrected chi connectivity index (χ2v) is 6.01. The fraction of sp³-hybridized carbons (Fsp3) is 0.625. The van der Waals surface area contributed by atoms with Crippen molar-refractivity contribution in [3.63, 3.8) is 0 Å². The topological polar surface area (TPSA) is 18.5 Å². The summed E-state index contributed by atoms with van der Waals surface area (Å²) >= 11 is 0. The minimum atomic E-state index is 0.705. The lowest BCUT2D eigenvalue weighted by Gasteiger charge is -2.36. The maximum Gasteiger partial charge on any atom is 0.0403 e. The van der Waals surface area contributed by atoms with Crippen molar-refractivity contribution in [1.82, 2.24) is 10.2 Å². The highest BCUT2D eigenvalue weighted by Gasteiger charge is 2.24. The zero-order chi connectivity index (χ0) is 13.2. The van der Waals surface area contributed by atoms with Crippen molar-refractivity contribution in [2.45, 2.75) is 25.3 Å². The summed E-state index contributed by atoms with van der Waals surface area (Å²) in [4.78, 5) is 4.95. The van der Waals surface area contributed by atoms with Gasteiger partial charge in [-0.3, -0.25) is 0 Å². The van der Waals surface area contributed by atoms with E-state index in [0.717, 1.165) is 26.2 Å². The third-order valence-electron chi connectivity index (χ3n) is 4.62. The van der Waals surface area contributed by atoms with Crippen molar-refractivity contribution >= 4 is 5.69 Å². The van der Waals surface area contributed by atoms with Crippen LogP contribution in [0.5, 0.6) is 0 Å². The molecule has 19 heavy (non-hydrogen) atoms. The molecule has 1 saturated heterocycles. The van der Waals surface area contributed by atoms with Gasteiger partial charge in [-0.1, -0.05) is 12.1 Å². The van der Waals surface area contributed by atoms with Crippen molar-refractivity contribution < 1.29 is 0 Å². The number of aryl methyl sites for hydroxylation is 1. The number of hydrogen-bond acceptors (Lipinski definition) is 3. The van der Waals surface area contributed by atoms with Gasteiger partial charge in [0.25, 0.3) is 0 Å². The molecule has 3 rings (SSSR count). The van der Waals surface area contributed by atoms with Crippen LogP contribution in [0.25, 0.3) is 0 Å². The number of piperazine rings is 1. The van der Waals surface area contributed by atoms with Crippen LogP contribution < -0.4 is 10.2 Å². The van der Waals surface area contributed by atoms with E-state index in [-0.39, 0.29) is 0 Å². The first-order valence-electron chi connectivity index (χ1n) is 7.48. The number of benzene rings is 1. The molecule has 0 spiro atoms. The first-order valence-corrected chi connectivity index (χ1v) is 7.48. The first kappa shape index (κ1) is 12.9. The highest BCUT2D eigenvalue weighted by molar-refractivity contribution is 5.58. The number of likely N-dealkylation sites (N-methyl/N-ethyl adjacent to an activating group) is 1. The molecule has 0 radical (unpaired) electrons. The number of rotatable bonds is 2. The van der Waals surface area contributed by atoms with Crippen LogP contribution in [0, 0.1) is 0 Å². The monoisotopic (exact) mass is 259 g/mol. The van der Waals surface area contributed by atoms with Crippen LogP contribution in [0.2, 0.25) is 0 Å². The molecule has 3 nitrogen and oxygen atoms in total. The van der Waals surface area contributed by atoms with Crippen LogP contribution in [-0.2, 0) is 12.8 Å². The second kappa shape index (κ2) is 5.51. The Morgan fingerprint density at radius 1 is 1.21 bits per heavy atom. The third kappa shape index (κ3) is 2.63. The Kier molecular flexibility index (Phi) is 3.76. The van der Waals surface area contributed by atoms with Gasteiger partial charge in [0.2, 0.25) is 0 Å². The van der Waals surface area contributed by atoms with Gasteiger partial charge in [-0.15, -0.1) is 0 Å². The molecule has 1 unspecified atom stereocenters. The summed E-state index contributed by atoms with van der Waals surface area (Å²) in [7, 11) is 4.42. The summed E-state index contributed by atoms with van der Waals surface area (Å²) in [6.07, 6.45) is 3.74. The smallest absolute Gasteiger partial charge is 0.0403 e. The lowest BCUT2D eigenvalue weighted by molar-refractivity contribution is 0.268. The average Bonchev–Trinajstić information content (AvgIpc) is 2.47. The molecule has 1 aromatic carbocycles. The van der Waals surface area contributed by atoms with Gasteiger partial charge >= 0.3 is 0 Å². The molecule has 1 fully saturated rings. The summed E-state index contributed by atoms with van der Waals surface area (Å²) in [6, 6.07) is 7.60. The Balaban J connectivity index is 1.89. The van der Waals surface area contributed by atoms with Crippen LogP contribution in [0.1, 0.15) is 17.5 Å². The Labute approximate surface area is 116 Å². The molecule has 1 N–H and O–H groups in total. The van der Waals surface area contributed by atoms with Gasteiger partial charge in [-0.2, -0.15) is 0 Å². The number of hydrogen-bond donors (Lipinski definition) is 1. The van der Waals surface area contributed by atoms with E-state index < -0.39 is 0 Å². The van der Waals surface area contributed by atoms with E-state index in [4.69, 9.17) is 0 Å². The second-order valence-electron chi connectivity index (χ2n) is 6.01. The predicted octanol–water partition coefficient (Wildman–Crippen LogP) is 1.52. The maximum atomic E-state index is 3.44. The van der Waals surface area contributed by atoms with Gasteiger partial charge in [0.1, 0.15) is 0 Å². The Bertz CT molecular complexity index is 436. The van der Waals surface area contributed by atoms with Crippen LogP contribution in [0.15, 0.2) is 18.2 Å². The summed E-state index contributed by atoms with van der Waals surface area (Å²) in [6.45, 7) is 4.51. The molecule has 1 aromatic rings. The molecule has 0 amide bonds. The summed E-state index contributed by atoms with van der Waals surface area (Å²) in [5, 5.41) is 3.44. The lowest BCUT2D eigenvalue weighted by atomic mass is 9.86. The summed E-state index contributed by atoms with van der Waals surface area (Å²) < 4.78 is 0. The maximum absolute atomic E-state index is 3.44. The first-order chi connectivity index (χ1) is 9.25. The molecule has 1 atom stereocenters. The highest BCUT2D eigenvalue weighted by Crippen LogP contribution is 2.31. The normalized spacial score (nSPS) is 23.5. The molecule has 3 heteroatoms. The quantitative estimate of drug-likeness (QED) is 0.868. The van der Waals surface area contributed by atoms with Gasteiger partial charge < -0.3 is 15.1 Å². The average molecular weight is 259 g/mol. The molecule has 1 aliphatic heterocycles. The zero-order valence-corrected chi connectivity index (χ0v) is 12.2. The van der Waals surface area contributed by atoms with Crippen LogP contribution in [0.3, 0.4) is 0 Å². The molecule has 0 saturated carbocycles. The van der Waals surface area contributed by atoms with Crippen LogP contribution in [0.4, 0.5) is 5.69 Å². The third-order valence-corrected chi connectivity index (χ3v) is 4.62. The minimum Gasteiger partial charge on any atom is -0.369 e. The van der Waals surface area contributed by atoms with E-state index in [2.05, 4.69) is 47.4 Å². The van der Waals surface area contributed by atoms with E-state index in [0.29, 0.717) is 6.04 Å². The van der Waals surface area contributed by atoms with E-state index >= 15 is 0 Å². The highest BCUT2D eigenvalue weighted by atomic mass is 15.2. The summed E-state index contributed by atoms with van der Waals surface area (Å²) in [5.41, 5.74) is 4.68. The Morgan fingerprint density at radius 2 is 2.00 bits per heavy atom. The fourth-order valence-corrected chi connectivity index (χ4v) is 3.39. The Morgan fingerprint density at radius 3 is 2.74 bits per heavy atom.